The fourth-order valence-corrected chi connectivity index (χ4v) is 3.17. The molecule has 0 spiro atoms. The number of nitriles is 1. The second-order valence-electron chi connectivity index (χ2n) is 6.44. The first kappa shape index (κ1) is 16.3. The SMILES string of the molecule is CCc1cc(N2CC(CNC(C)=O)OC2=O)ccc1C1(C#N)CC1. The molecule has 2 aliphatic rings. The highest BCUT2D eigenvalue weighted by Gasteiger charge is 2.46. The van der Waals surface area contributed by atoms with E-state index in [2.05, 4.69) is 18.3 Å². The van der Waals surface area contributed by atoms with Crippen molar-refractivity contribution in [2.45, 2.75) is 44.6 Å². The van der Waals surface area contributed by atoms with Crippen LogP contribution in [-0.2, 0) is 21.4 Å². The van der Waals surface area contributed by atoms with Gasteiger partial charge >= 0.3 is 6.09 Å². The Morgan fingerprint density at radius 3 is 2.83 bits per heavy atom. The molecule has 1 unspecified atom stereocenters. The van der Waals surface area contributed by atoms with Crippen LogP contribution < -0.4 is 10.2 Å². The summed E-state index contributed by atoms with van der Waals surface area (Å²) in [5.74, 6) is -0.145. The van der Waals surface area contributed by atoms with Crippen LogP contribution in [0, 0.1) is 11.3 Å². The minimum atomic E-state index is -0.401. The maximum absolute atomic E-state index is 12.1. The molecule has 1 aliphatic carbocycles. The standard InChI is InChI=1S/C18H21N3O3/c1-3-13-8-14(4-5-16(13)18(11-19)6-7-18)21-10-15(24-17(21)23)9-20-12(2)22/h4-5,8,15H,3,6-7,9-10H2,1-2H3,(H,20,22). The maximum atomic E-state index is 12.1. The van der Waals surface area contributed by atoms with E-state index >= 15 is 0 Å². The molecule has 1 N–H and O–H groups in total. The molecule has 0 bridgehead atoms. The van der Waals surface area contributed by atoms with Crippen molar-refractivity contribution in [3.63, 3.8) is 0 Å². The second-order valence-corrected chi connectivity index (χ2v) is 6.44. The molecular weight excluding hydrogens is 306 g/mol. The van der Waals surface area contributed by atoms with Gasteiger partial charge in [-0.1, -0.05) is 13.0 Å². The molecule has 2 fully saturated rings. The van der Waals surface area contributed by atoms with Gasteiger partial charge in [-0.2, -0.15) is 5.26 Å². The lowest BCUT2D eigenvalue weighted by Gasteiger charge is -2.18. The molecule has 0 aromatic heterocycles. The van der Waals surface area contributed by atoms with E-state index in [-0.39, 0.29) is 17.4 Å². The lowest BCUT2D eigenvalue weighted by molar-refractivity contribution is -0.119. The Morgan fingerprint density at radius 1 is 1.50 bits per heavy atom. The number of benzene rings is 1. The Balaban J connectivity index is 1.79. The molecule has 3 rings (SSSR count). The molecule has 1 saturated heterocycles. The predicted octanol–water partition coefficient (Wildman–Crippen LogP) is 2.27. The van der Waals surface area contributed by atoms with E-state index in [1.54, 1.807) is 4.90 Å². The van der Waals surface area contributed by atoms with Gasteiger partial charge in [0.05, 0.1) is 24.6 Å². The smallest absolute Gasteiger partial charge is 0.414 e. The van der Waals surface area contributed by atoms with Gasteiger partial charge in [0.1, 0.15) is 6.10 Å². The van der Waals surface area contributed by atoms with E-state index in [9.17, 15) is 14.9 Å². The van der Waals surface area contributed by atoms with Crippen molar-refractivity contribution in [2.75, 3.05) is 18.0 Å². The Morgan fingerprint density at radius 2 is 2.25 bits per heavy atom. The van der Waals surface area contributed by atoms with Crippen LogP contribution in [0.3, 0.4) is 0 Å². The highest BCUT2D eigenvalue weighted by Crippen LogP contribution is 2.49. The molecular formula is C18H21N3O3. The van der Waals surface area contributed by atoms with Crippen LogP contribution in [0.15, 0.2) is 18.2 Å². The van der Waals surface area contributed by atoms with E-state index in [1.165, 1.54) is 6.92 Å². The van der Waals surface area contributed by atoms with Gasteiger partial charge in [0.15, 0.2) is 0 Å². The van der Waals surface area contributed by atoms with Gasteiger partial charge in [-0.05, 0) is 42.5 Å². The normalized spacial score (nSPS) is 21.1. The average Bonchev–Trinajstić information content (AvgIpc) is 3.29. The van der Waals surface area contributed by atoms with Crippen LogP contribution in [0.1, 0.15) is 37.8 Å². The Labute approximate surface area is 141 Å². The number of hydrogen-bond acceptors (Lipinski definition) is 4. The number of amides is 2. The van der Waals surface area contributed by atoms with Crippen LogP contribution in [0.5, 0.6) is 0 Å². The number of rotatable bonds is 5. The predicted molar refractivity (Wildman–Crippen MR) is 88.6 cm³/mol. The third kappa shape index (κ3) is 2.94. The molecule has 1 aromatic rings. The summed E-state index contributed by atoms with van der Waals surface area (Å²) < 4.78 is 5.30. The van der Waals surface area contributed by atoms with Crippen LogP contribution in [-0.4, -0.2) is 31.2 Å². The molecule has 6 heteroatoms. The largest absolute Gasteiger partial charge is 0.442 e. The number of cyclic esters (lactones) is 1. The van der Waals surface area contributed by atoms with Gasteiger partial charge in [-0.15, -0.1) is 0 Å². The highest BCUT2D eigenvalue weighted by molar-refractivity contribution is 5.90. The van der Waals surface area contributed by atoms with Gasteiger partial charge in [-0.25, -0.2) is 4.79 Å². The molecule has 1 aromatic carbocycles. The van der Waals surface area contributed by atoms with Gasteiger partial charge < -0.3 is 10.1 Å². The zero-order valence-corrected chi connectivity index (χ0v) is 14.0. The molecule has 1 heterocycles. The molecule has 0 radical (unpaired) electrons. The summed E-state index contributed by atoms with van der Waals surface area (Å²) in [6.45, 7) is 4.21. The summed E-state index contributed by atoms with van der Waals surface area (Å²) in [6, 6.07) is 8.27. The van der Waals surface area contributed by atoms with Gasteiger partial charge in [0.2, 0.25) is 5.91 Å². The first-order valence-corrected chi connectivity index (χ1v) is 8.26. The molecule has 1 saturated carbocycles. The number of carbonyl (C=O) groups excluding carboxylic acids is 2. The number of anilines is 1. The topological polar surface area (TPSA) is 82.4 Å². The zero-order valence-electron chi connectivity index (χ0n) is 14.0. The lowest BCUT2D eigenvalue weighted by atomic mass is 9.91. The number of carbonyl (C=O) groups is 2. The Hall–Kier alpha value is -2.55. The minimum absolute atomic E-state index is 0.145. The highest BCUT2D eigenvalue weighted by atomic mass is 16.6. The van der Waals surface area contributed by atoms with E-state index in [1.807, 2.05) is 18.2 Å². The third-order valence-corrected chi connectivity index (χ3v) is 4.71. The number of ether oxygens (including phenoxy) is 1. The summed E-state index contributed by atoms with van der Waals surface area (Å²) in [7, 11) is 0. The maximum Gasteiger partial charge on any atom is 0.414 e. The Kier molecular flexibility index (Phi) is 4.18. The lowest BCUT2D eigenvalue weighted by Crippen LogP contribution is -2.33. The average molecular weight is 327 g/mol. The summed E-state index contributed by atoms with van der Waals surface area (Å²) in [4.78, 5) is 24.7. The van der Waals surface area contributed by atoms with Gasteiger partial charge in [-0.3, -0.25) is 9.69 Å². The van der Waals surface area contributed by atoms with Crippen molar-refractivity contribution in [3.8, 4) is 6.07 Å². The van der Waals surface area contributed by atoms with E-state index in [4.69, 9.17) is 4.74 Å². The quantitative estimate of drug-likeness (QED) is 0.899. The second kappa shape index (κ2) is 6.16. The summed E-state index contributed by atoms with van der Waals surface area (Å²) >= 11 is 0. The zero-order chi connectivity index (χ0) is 17.3. The molecule has 1 aliphatic heterocycles. The monoisotopic (exact) mass is 327 g/mol. The van der Waals surface area contributed by atoms with Crippen molar-refractivity contribution in [1.82, 2.24) is 5.32 Å². The van der Waals surface area contributed by atoms with E-state index < -0.39 is 6.09 Å². The molecule has 126 valence electrons. The molecule has 24 heavy (non-hydrogen) atoms. The van der Waals surface area contributed by atoms with Gasteiger partial charge in [0, 0.05) is 12.6 Å². The van der Waals surface area contributed by atoms with Crippen molar-refractivity contribution in [2.24, 2.45) is 0 Å². The fourth-order valence-electron chi connectivity index (χ4n) is 3.17. The van der Waals surface area contributed by atoms with E-state index in [0.717, 1.165) is 36.1 Å². The Bertz CT molecular complexity index is 719. The fraction of sp³-hybridized carbons (Fsp3) is 0.500. The molecule has 1 atom stereocenters. The van der Waals surface area contributed by atoms with Crippen LogP contribution >= 0.6 is 0 Å². The number of aryl methyl sites for hydroxylation is 1. The number of hydrogen-bond donors (Lipinski definition) is 1. The summed E-state index contributed by atoms with van der Waals surface area (Å²) in [6.07, 6.45) is 1.87. The van der Waals surface area contributed by atoms with Gasteiger partial charge in [0.25, 0.3) is 0 Å². The van der Waals surface area contributed by atoms with Crippen LogP contribution in [0.2, 0.25) is 0 Å². The third-order valence-electron chi connectivity index (χ3n) is 4.71. The first-order valence-electron chi connectivity index (χ1n) is 8.26. The van der Waals surface area contributed by atoms with Crippen LogP contribution in [0.4, 0.5) is 10.5 Å². The van der Waals surface area contributed by atoms with Crippen molar-refractivity contribution >= 4 is 17.7 Å². The number of nitrogens with one attached hydrogen (secondary N) is 1. The van der Waals surface area contributed by atoms with Crippen molar-refractivity contribution < 1.29 is 14.3 Å². The molecule has 6 nitrogen and oxygen atoms in total. The number of nitrogens with zero attached hydrogens (tertiary/aromatic N) is 2. The van der Waals surface area contributed by atoms with Crippen molar-refractivity contribution in [1.29, 1.82) is 5.26 Å². The minimum Gasteiger partial charge on any atom is -0.442 e. The summed E-state index contributed by atoms with van der Waals surface area (Å²) in [5, 5.41) is 12.1. The first-order chi connectivity index (χ1) is 11.5. The summed E-state index contributed by atoms with van der Waals surface area (Å²) in [5.41, 5.74) is 2.63. The van der Waals surface area contributed by atoms with E-state index in [0.29, 0.717) is 13.1 Å². The van der Waals surface area contributed by atoms with Crippen molar-refractivity contribution in [3.05, 3.63) is 29.3 Å². The molecule has 2 amide bonds. The van der Waals surface area contributed by atoms with Crippen LogP contribution in [0.25, 0.3) is 0 Å².